The van der Waals surface area contributed by atoms with Crippen LogP contribution < -0.4 is 10.6 Å². The van der Waals surface area contributed by atoms with Gasteiger partial charge in [-0.1, -0.05) is 36.4 Å². The molecule has 0 aliphatic heterocycles. The van der Waals surface area contributed by atoms with E-state index in [0.29, 0.717) is 30.0 Å². The molecule has 1 atom stereocenters. The van der Waals surface area contributed by atoms with E-state index in [2.05, 4.69) is 10.6 Å². The molecule has 9 nitrogen and oxygen atoms in total. The van der Waals surface area contributed by atoms with Gasteiger partial charge in [0.25, 0.3) is 0 Å². The molecule has 184 valence electrons. The summed E-state index contributed by atoms with van der Waals surface area (Å²) in [6.07, 6.45) is 5.07. The Kier molecular flexibility index (Phi) is 14.7. The van der Waals surface area contributed by atoms with Crippen molar-refractivity contribution in [2.75, 3.05) is 46.5 Å². The first-order chi connectivity index (χ1) is 15.8. The van der Waals surface area contributed by atoms with Crippen LogP contribution in [-0.2, 0) is 27.9 Å². The Morgan fingerprint density at radius 3 is 2.24 bits per heavy atom. The van der Waals surface area contributed by atoms with Crippen molar-refractivity contribution in [2.24, 2.45) is 5.92 Å². The van der Waals surface area contributed by atoms with Gasteiger partial charge in [0, 0.05) is 11.3 Å². The number of benzene rings is 1. The number of hydrogen-bond donors (Lipinski definition) is 2. The van der Waals surface area contributed by atoms with Gasteiger partial charge in [-0.2, -0.15) is 0 Å². The minimum Gasteiger partial charge on any atom is -0.435 e. The zero-order valence-corrected chi connectivity index (χ0v) is 21.2. The molecule has 1 rings (SSSR count). The van der Waals surface area contributed by atoms with Gasteiger partial charge in [0.1, 0.15) is 0 Å². The molecule has 0 saturated carbocycles. The van der Waals surface area contributed by atoms with E-state index in [9.17, 15) is 14.2 Å². The van der Waals surface area contributed by atoms with Crippen molar-refractivity contribution < 1.29 is 32.7 Å². The largest absolute Gasteiger partial charge is 0.435 e. The Bertz CT molecular complexity index is 827. The van der Waals surface area contributed by atoms with Crippen molar-refractivity contribution in [1.82, 2.24) is 10.6 Å². The molecule has 0 spiro atoms. The third-order valence-corrected chi connectivity index (χ3v) is 7.93. The summed E-state index contributed by atoms with van der Waals surface area (Å²) in [4.78, 5) is 24.1. The molecule has 0 radical (unpaired) electrons. The molecule has 33 heavy (non-hydrogen) atoms. The Morgan fingerprint density at radius 1 is 1.06 bits per heavy atom. The first-order valence-electron chi connectivity index (χ1n) is 10.4. The summed E-state index contributed by atoms with van der Waals surface area (Å²) in [6, 6.07) is 8.36. The summed E-state index contributed by atoms with van der Waals surface area (Å²) < 4.78 is 34.0. The summed E-state index contributed by atoms with van der Waals surface area (Å²) >= 11 is 0.956. The van der Waals surface area contributed by atoms with E-state index >= 15 is 0 Å². The van der Waals surface area contributed by atoms with E-state index in [0.717, 1.165) is 11.4 Å². The fourth-order valence-corrected chi connectivity index (χ4v) is 5.55. The normalized spacial score (nSPS) is 13.8. The minimum atomic E-state index is -3.80. The average Bonchev–Trinajstić information content (AvgIpc) is 2.81. The maximum Gasteiger partial charge on any atom is 0.394 e. The smallest absolute Gasteiger partial charge is 0.394 e. The van der Waals surface area contributed by atoms with Gasteiger partial charge in [-0.25, -0.2) is 14.2 Å². The number of rotatable bonds is 16. The third kappa shape index (κ3) is 12.2. The summed E-state index contributed by atoms with van der Waals surface area (Å²) in [7, 11) is 3.65. The number of nitrogens with one attached hydrogen (secondary N) is 2. The third-order valence-electron chi connectivity index (χ3n) is 4.13. The maximum absolute atomic E-state index is 13.2. The van der Waals surface area contributed by atoms with Gasteiger partial charge in [-0.3, -0.25) is 9.05 Å². The fraction of sp³-hybridized carbons (Fsp3) is 0.455. The Hall–Kier alpha value is -1.94. The van der Waals surface area contributed by atoms with E-state index in [1.165, 1.54) is 0 Å². The monoisotopic (exact) mass is 500 g/mol. The van der Waals surface area contributed by atoms with Crippen LogP contribution in [-0.4, -0.2) is 58.5 Å². The second-order valence-corrected chi connectivity index (χ2v) is 10.9. The molecule has 0 aliphatic rings. The van der Waals surface area contributed by atoms with Crippen LogP contribution >= 0.6 is 18.2 Å². The Balaban J connectivity index is 2.72. The molecule has 1 aromatic rings. The first-order valence-corrected chi connectivity index (χ1v) is 13.5. The van der Waals surface area contributed by atoms with Crippen molar-refractivity contribution in [2.45, 2.75) is 13.8 Å². The predicted octanol–water partition coefficient (Wildman–Crippen LogP) is 3.75. The molecular formula is C22H33N2O7PS. The molecule has 1 unspecified atom stereocenters. The Labute approximate surface area is 199 Å². The van der Waals surface area contributed by atoms with E-state index in [4.69, 9.17) is 18.5 Å². The van der Waals surface area contributed by atoms with E-state index < -0.39 is 32.3 Å². The van der Waals surface area contributed by atoms with Gasteiger partial charge in [0.2, 0.25) is 13.6 Å². The SMILES string of the molecule is C/C=C\C=C(/C)C(=O)OCOP(=O)(OCOC(=O)c1ccccc1)SCC(CNC)CNC. The topological polar surface area (TPSA) is 112 Å². The van der Waals surface area contributed by atoms with Crippen LogP contribution in [0.4, 0.5) is 0 Å². The van der Waals surface area contributed by atoms with Gasteiger partial charge in [-0.05, 0) is 70.5 Å². The number of carbonyl (C=O) groups is 2. The fourth-order valence-electron chi connectivity index (χ4n) is 2.44. The lowest BCUT2D eigenvalue weighted by Gasteiger charge is -2.21. The molecule has 0 aromatic heterocycles. The van der Waals surface area contributed by atoms with Gasteiger partial charge in [0.15, 0.2) is 0 Å². The number of allylic oxidation sites excluding steroid dienone is 3. The molecule has 0 amide bonds. The lowest BCUT2D eigenvalue weighted by molar-refractivity contribution is -0.145. The first kappa shape index (κ1) is 29.1. The number of esters is 2. The van der Waals surface area contributed by atoms with Crippen LogP contribution in [0.15, 0.2) is 54.1 Å². The van der Waals surface area contributed by atoms with E-state index in [-0.39, 0.29) is 5.92 Å². The highest BCUT2D eigenvalue weighted by atomic mass is 32.7. The van der Waals surface area contributed by atoms with Crippen LogP contribution in [0, 0.1) is 5.92 Å². The number of carbonyl (C=O) groups excluding carboxylic acids is 2. The van der Waals surface area contributed by atoms with Crippen molar-refractivity contribution in [3.63, 3.8) is 0 Å². The molecule has 0 aliphatic carbocycles. The summed E-state index contributed by atoms with van der Waals surface area (Å²) in [6.45, 7) is -0.169. The van der Waals surface area contributed by atoms with Crippen molar-refractivity contribution in [1.29, 1.82) is 0 Å². The average molecular weight is 501 g/mol. The van der Waals surface area contributed by atoms with E-state index in [1.54, 1.807) is 55.5 Å². The van der Waals surface area contributed by atoms with Crippen LogP contribution in [0.2, 0.25) is 0 Å². The van der Waals surface area contributed by atoms with Gasteiger partial charge >= 0.3 is 18.7 Å². The van der Waals surface area contributed by atoms with Crippen LogP contribution in [0.1, 0.15) is 24.2 Å². The summed E-state index contributed by atoms with van der Waals surface area (Å²) in [5.41, 5.74) is 0.699. The van der Waals surface area contributed by atoms with Gasteiger partial charge in [-0.15, -0.1) is 0 Å². The molecule has 0 heterocycles. The molecular weight excluding hydrogens is 467 g/mol. The highest BCUT2D eigenvalue weighted by molar-refractivity contribution is 8.55. The Morgan fingerprint density at radius 2 is 1.67 bits per heavy atom. The predicted molar refractivity (Wildman–Crippen MR) is 130 cm³/mol. The molecule has 2 N–H and O–H groups in total. The minimum absolute atomic E-state index is 0.131. The lowest BCUT2D eigenvalue weighted by atomic mass is 10.2. The van der Waals surface area contributed by atoms with Crippen molar-refractivity contribution in [3.05, 3.63) is 59.7 Å². The molecule has 0 fully saturated rings. The standard InChI is InChI=1S/C22H33N2O7PS/c1-5-6-10-18(2)21(25)28-16-30-32(27,33-15-19(13-23-3)14-24-4)31-17-29-22(26)20-11-8-7-9-12-20/h5-12,19,23-24H,13-17H2,1-4H3/b6-5-,18-10+. The quantitative estimate of drug-likeness (QED) is 0.114. The molecule has 1 aromatic carbocycles. The van der Waals surface area contributed by atoms with Gasteiger partial charge in [0.05, 0.1) is 5.56 Å². The van der Waals surface area contributed by atoms with Crippen LogP contribution in [0.25, 0.3) is 0 Å². The van der Waals surface area contributed by atoms with Crippen LogP contribution in [0.5, 0.6) is 0 Å². The maximum atomic E-state index is 13.2. The van der Waals surface area contributed by atoms with Gasteiger partial charge < -0.3 is 20.1 Å². The zero-order valence-electron chi connectivity index (χ0n) is 19.4. The van der Waals surface area contributed by atoms with Crippen molar-refractivity contribution >= 4 is 30.1 Å². The second kappa shape index (κ2) is 16.6. The zero-order chi connectivity index (χ0) is 24.5. The number of hydrogen-bond acceptors (Lipinski definition) is 10. The van der Waals surface area contributed by atoms with Crippen molar-refractivity contribution in [3.8, 4) is 0 Å². The molecule has 0 bridgehead atoms. The van der Waals surface area contributed by atoms with E-state index in [1.807, 2.05) is 21.0 Å². The lowest BCUT2D eigenvalue weighted by Crippen LogP contribution is -2.29. The van der Waals surface area contributed by atoms with Crippen LogP contribution in [0.3, 0.4) is 0 Å². The summed E-state index contributed by atoms with van der Waals surface area (Å²) in [5.74, 6) is -0.666. The highest BCUT2D eigenvalue weighted by Gasteiger charge is 2.29. The highest BCUT2D eigenvalue weighted by Crippen LogP contribution is 2.61. The number of ether oxygens (including phenoxy) is 2. The molecule has 11 heteroatoms. The molecule has 0 saturated heterocycles. The summed E-state index contributed by atoms with van der Waals surface area (Å²) in [5, 5.41) is 6.15. The second-order valence-electron chi connectivity index (χ2n) is 6.82.